The first-order valence-corrected chi connectivity index (χ1v) is 4.32. The smallest absolute Gasteiger partial charge is 0.224 e. The molecule has 0 aromatic rings. The zero-order valence-corrected chi connectivity index (χ0v) is 7.73. The molecule has 0 saturated carbocycles. The predicted octanol–water partition coefficient (Wildman–Crippen LogP) is 2.38. The van der Waals surface area contributed by atoms with Gasteiger partial charge < -0.3 is 5.32 Å². The Morgan fingerprint density at radius 1 is 1.50 bits per heavy atom. The Balaban J connectivity index is 3.46. The molecular formula is C10H17NO. The number of hydrogen-bond acceptors (Lipinski definition) is 1. The largest absolute Gasteiger partial charge is 0.327 e. The molecule has 0 aliphatic carbocycles. The number of amides is 1. The van der Waals surface area contributed by atoms with Crippen LogP contribution in [0.2, 0.25) is 0 Å². The van der Waals surface area contributed by atoms with Crippen LogP contribution in [0.25, 0.3) is 0 Å². The predicted molar refractivity (Wildman–Crippen MR) is 51.6 cm³/mol. The van der Waals surface area contributed by atoms with Crippen LogP contribution < -0.4 is 5.32 Å². The lowest BCUT2D eigenvalue weighted by Gasteiger charge is -2.02. The van der Waals surface area contributed by atoms with Gasteiger partial charge in [-0.2, -0.15) is 0 Å². The van der Waals surface area contributed by atoms with Gasteiger partial charge >= 0.3 is 0 Å². The van der Waals surface area contributed by atoms with Crippen LogP contribution in [0.4, 0.5) is 0 Å². The van der Waals surface area contributed by atoms with E-state index >= 15 is 0 Å². The Labute approximate surface area is 74.4 Å². The minimum atomic E-state index is 0.0355. The Bertz CT molecular complexity index is 173. The van der Waals surface area contributed by atoms with Gasteiger partial charge in [0.15, 0.2) is 0 Å². The normalized spacial score (nSPS) is 9.08. The zero-order chi connectivity index (χ0) is 9.40. The Hall–Kier alpha value is -1.05. The van der Waals surface area contributed by atoms with E-state index in [2.05, 4.69) is 25.4 Å². The van der Waals surface area contributed by atoms with Gasteiger partial charge in [-0.25, -0.2) is 0 Å². The number of rotatable bonds is 6. The highest BCUT2D eigenvalue weighted by atomic mass is 16.1. The molecule has 1 N–H and O–H groups in total. The van der Waals surface area contributed by atoms with Crippen molar-refractivity contribution in [2.75, 3.05) is 0 Å². The zero-order valence-electron chi connectivity index (χ0n) is 7.73. The maximum absolute atomic E-state index is 11.1. The van der Waals surface area contributed by atoms with Gasteiger partial charge in [0.25, 0.3) is 0 Å². The topological polar surface area (TPSA) is 29.1 Å². The van der Waals surface area contributed by atoms with Crippen LogP contribution in [0.15, 0.2) is 24.9 Å². The molecule has 0 aromatic heterocycles. The van der Waals surface area contributed by atoms with Gasteiger partial charge in [0.05, 0.1) is 0 Å². The van der Waals surface area contributed by atoms with Crippen LogP contribution in [0.3, 0.4) is 0 Å². The lowest BCUT2D eigenvalue weighted by atomic mass is 10.2. The maximum atomic E-state index is 11.1. The number of carbonyl (C=O) groups excluding carboxylic acids is 1. The van der Waals surface area contributed by atoms with Crippen molar-refractivity contribution in [1.82, 2.24) is 5.32 Å². The third-order valence-electron chi connectivity index (χ3n) is 1.55. The van der Waals surface area contributed by atoms with Crippen LogP contribution in [0, 0.1) is 0 Å². The summed E-state index contributed by atoms with van der Waals surface area (Å²) in [4.78, 5) is 11.1. The molecule has 0 aromatic carbocycles. The van der Waals surface area contributed by atoms with Gasteiger partial charge in [0.2, 0.25) is 5.91 Å². The fraction of sp³-hybridized carbons (Fsp3) is 0.500. The van der Waals surface area contributed by atoms with Crippen molar-refractivity contribution in [3.05, 3.63) is 24.9 Å². The van der Waals surface area contributed by atoms with Crippen molar-refractivity contribution in [3.63, 3.8) is 0 Å². The minimum absolute atomic E-state index is 0.0355. The highest BCUT2D eigenvalue weighted by molar-refractivity contribution is 5.78. The van der Waals surface area contributed by atoms with Gasteiger partial charge in [0.1, 0.15) is 0 Å². The van der Waals surface area contributed by atoms with Crippen LogP contribution in [-0.4, -0.2) is 5.91 Å². The van der Waals surface area contributed by atoms with Gasteiger partial charge in [0, 0.05) is 12.1 Å². The summed E-state index contributed by atoms with van der Waals surface area (Å²) in [5, 5.41) is 2.64. The van der Waals surface area contributed by atoms with E-state index in [0.717, 1.165) is 19.3 Å². The average molecular weight is 167 g/mol. The summed E-state index contributed by atoms with van der Waals surface area (Å²) < 4.78 is 0. The number of unbranched alkanes of at least 4 members (excludes halogenated alkanes) is 2. The van der Waals surface area contributed by atoms with Crippen molar-refractivity contribution in [1.29, 1.82) is 0 Å². The van der Waals surface area contributed by atoms with E-state index in [-0.39, 0.29) is 5.91 Å². The molecule has 0 spiro atoms. The molecule has 0 radical (unpaired) electrons. The van der Waals surface area contributed by atoms with Crippen molar-refractivity contribution < 1.29 is 4.79 Å². The number of carbonyl (C=O) groups is 1. The van der Waals surface area contributed by atoms with E-state index in [0.29, 0.717) is 12.1 Å². The van der Waals surface area contributed by atoms with E-state index in [1.54, 1.807) is 0 Å². The molecular weight excluding hydrogens is 150 g/mol. The second-order valence-electron chi connectivity index (χ2n) is 2.73. The van der Waals surface area contributed by atoms with E-state index in [4.69, 9.17) is 0 Å². The van der Waals surface area contributed by atoms with Crippen LogP contribution >= 0.6 is 0 Å². The lowest BCUT2D eigenvalue weighted by Crippen LogP contribution is -2.20. The van der Waals surface area contributed by atoms with Gasteiger partial charge in [-0.05, 0) is 12.5 Å². The molecule has 0 aliphatic rings. The highest BCUT2D eigenvalue weighted by Gasteiger charge is 1.99. The monoisotopic (exact) mass is 167 g/mol. The minimum Gasteiger partial charge on any atom is -0.327 e. The Kier molecular flexibility index (Phi) is 6.07. The van der Waals surface area contributed by atoms with Crippen molar-refractivity contribution in [3.8, 4) is 0 Å². The summed E-state index contributed by atoms with van der Waals surface area (Å²) in [5.41, 5.74) is 0.580. The van der Waals surface area contributed by atoms with Gasteiger partial charge in [-0.3, -0.25) is 4.79 Å². The molecule has 0 saturated heterocycles. The van der Waals surface area contributed by atoms with Crippen molar-refractivity contribution in [2.45, 2.75) is 32.6 Å². The molecule has 1 amide bonds. The van der Waals surface area contributed by atoms with Crippen LogP contribution in [0.1, 0.15) is 32.6 Å². The SMILES string of the molecule is C=CC(=C)NC(=O)CCCCC. The maximum Gasteiger partial charge on any atom is 0.224 e. The molecule has 12 heavy (non-hydrogen) atoms. The molecule has 0 aliphatic heterocycles. The van der Waals surface area contributed by atoms with Crippen LogP contribution in [-0.2, 0) is 4.79 Å². The molecule has 0 fully saturated rings. The highest BCUT2D eigenvalue weighted by Crippen LogP contribution is 1.99. The number of nitrogens with one attached hydrogen (secondary N) is 1. The molecule has 2 heteroatoms. The quantitative estimate of drug-likeness (QED) is 0.477. The van der Waals surface area contributed by atoms with Crippen LogP contribution in [0.5, 0.6) is 0 Å². The molecule has 0 bridgehead atoms. The van der Waals surface area contributed by atoms with Crippen molar-refractivity contribution >= 4 is 5.91 Å². The van der Waals surface area contributed by atoms with E-state index in [9.17, 15) is 4.79 Å². The Morgan fingerprint density at radius 2 is 2.17 bits per heavy atom. The van der Waals surface area contributed by atoms with E-state index in [1.807, 2.05) is 0 Å². The summed E-state index contributed by atoms with van der Waals surface area (Å²) in [5.74, 6) is 0.0355. The summed E-state index contributed by atoms with van der Waals surface area (Å²) in [6, 6.07) is 0. The van der Waals surface area contributed by atoms with E-state index in [1.165, 1.54) is 6.08 Å². The fourth-order valence-electron chi connectivity index (χ4n) is 0.828. The molecule has 0 unspecified atom stereocenters. The van der Waals surface area contributed by atoms with Gasteiger partial charge in [-0.15, -0.1) is 0 Å². The first-order valence-electron chi connectivity index (χ1n) is 4.32. The molecule has 2 nitrogen and oxygen atoms in total. The second-order valence-corrected chi connectivity index (χ2v) is 2.73. The number of hydrogen-bond donors (Lipinski definition) is 1. The molecule has 0 heterocycles. The standard InChI is InChI=1S/C10H17NO/c1-4-6-7-8-10(12)11-9(3)5-2/h5H,2-4,6-8H2,1H3,(H,11,12). The number of allylic oxidation sites excluding steroid dienone is 1. The third kappa shape index (κ3) is 5.71. The molecule has 0 rings (SSSR count). The van der Waals surface area contributed by atoms with Gasteiger partial charge in [-0.1, -0.05) is 32.9 Å². The average Bonchev–Trinajstić information content (AvgIpc) is 2.05. The first kappa shape index (κ1) is 11.0. The Morgan fingerprint density at radius 3 is 2.67 bits per heavy atom. The molecule has 68 valence electrons. The van der Waals surface area contributed by atoms with Crippen molar-refractivity contribution in [2.24, 2.45) is 0 Å². The van der Waals surface area contributed by atoms with E-state index < -0.39 is 0 Å². The fourth-order valence-corrected chi connectivity index (χ4v) is 0.828. The summed E-state index contributed by atoms with van der Waals surface area (Å²) in [7, 11) is 0. The second kappa shape index (κ2) is 6.65. The summed E-state index contributed by atoms with van der Waals surface area (Å²) >= 11 is 0. The molecule has 0 atom stereocenters. The first-order chi connectivity index (χ1) is 5.70. The summed E-state index contributed by atoms with van der Waals surface area (Å²) in [6.07, 6.45) is 5.31. The third-order valence-corrected chi connectivity index (χ3v) is 1.55. The summed E-state index contributed by atoms with van der Waals surface area (Å²) in [6.45, 7) is 9.20. The lowest BCUT2D eigenvalue weighted by molar-refractivity contribution is -0.120.